The Kier molecular flexibility index (Phi) is 5.12. The Bertz CT molecular complexity index is 449. The fourth-order valence-electron chi connectivity index (χ4n) is 1.97. The van der Waals surface area contributed by atoms with E-state index in [1.807, 2.05) is 0 Å². The summed E-state index contributed by atoms with van der Waals surface area (Å²) in [6, 6.07) is -1.32. The summed E-state index contributed by atoms with van der Waals surface area (Å²) in [5.41, 5.74) is 0. The Hall–Kier alpha value is -1.35. The van der Waals surface area contributed by atoms with E-state index in [4.69, 9.17) is 10.2 Å². The van der Waals surface area contributed by atoms with Crippen LogP contribution in [-0.4, -0.2) is 84.7 Å². The molecule has 0 spiro atoms. The van der Waals surface area contributed by atoms with Gasteiger partial charge in [-0.2, -0.15) is 0 Å². The fraction of sp³-hybridized carbons (Fsp3) is 0.800. The Labute approximate surface area is 111 Å². The molecule has 1 saturated heterocycles. The third-order valence-corrected chi connectivity index (χ3v) is 4.65. The van der Waals surface area contributed by atoms with Crippen molar-refractivity contribution in [2.75, 3.05) is 38.2 Å². The highest BCUT2D eigenvalue weighted by Crippen LogP contribution is 2.16. The molecule has 0 aliphatic carbocycles. The third-order valence-electron chi connectivity index (χ3n) is 2.95. The van der Waals surface area contributed by atoms with Crippen LogP contribution >= 0.6 is 0 Å². The lowest BCUT2D eigenvalue weighted by molar-refractivity contribution is -0.138. The van der Waals surface area contributed by atoms with Crippen LogP contribution in [0.2, 0.25) is 0 Å². The zero-order chi connectivity index (χ0) is 14.6. The molecule has 0 aromatic rings. The molecule has 0 aromatic heterocycles. The number of hydrogen-bond donors (Lipinski definition) is 2. The summed E-state index contributed by atoms with van der Waals surface area (Å²) in [6.07, 6.45) is -0.405. The Morgan fingerprint density at radius 1 is 1.42 bits per heavy atom. The van der Waals surface area contributed by atoms with E-state index >= 15 is 0 Å². The van der Waals surface area contributed by atoms with Gasteiger partial charge in [0, 0.05) is 20.1 Å². The highest BCUT2D eigenvalue weighted by molar-refractivity contribution is 7.91. The molecule has 1 atom stereocenters. The second kappa shape index (κ2) is 6.20. The summed E-state index contributed by atoms with van der Waals surface area (Å²) in [7, 11) is -1.84. The first-order valence-corrected chi connectivity index (χ1v) is 7.64. The maximum absolute atomic E-state index is 12.0. The van der Waals surface area contributed by atoms with E-state index in [0.717, 1.165) is 0 Å². The van der Waals surface area contributed by atoms with Gasteiger partial charge in [-0.15, -0.1) is 0 Å². The van der Waals surface area contributed by atoms with E-state index in [1.165, 1.54) is 16.8 Å². The number of aliphatic hydroxyl groups is 1. The zero-order valence-electron chi connectivity index (χ0n) is 10.7. The number of aliphatic hydroxyl groups excluding tert-OH is 1. The topological polar surface area (TPSA) is 115 Å². The van der Waals surface area contributed by atoms with Crippen LogP contribution in [0.3, 0.4) is 0 Å². The van der Waals surface area contributed by atoms with Gasteiger partial charge in [0.05, 0.1) is 30.6 Å². The summed E-state index contributed by atoms with van der Waals surface area (Å²) in [5.74, 6) is -1.65. The Balaban J connectivity index is 2.84. The molecular formula is C10H18N2O6S. The number of carboxylic acids is 1. The number of sulfone groups is 1. The first-order chi connectivity index (χ1) is 8.76. The van der Waals surface area contributed by atoms with Crippen LogP contribution in [0, 0.1) is 0 Å². The van der Waals surface area contributed by atoms with Crippen LogP contribution < -0.4 is 0 Å². The largest absolute Gasteiger partial charge is 0.481 e. The third kappa shape index (κ3) is 4.35. The van der Waals surface area contributed by atoms with Crippen molar-refractivity contribution in [1.29, 1.82) is 0 Å². The average molecular weight is 294 g/mol. The van der Waals surface area contributed by atoms with Gasteiger partial charge in [0.15, 0.2) is 9.84 Å². The minimum atomic E-state index is -3.31. The number of amides is 2. The summed E-state index contributed by atoms with van der Waals surface area (Å²) < 4.78 is 23.0. The molecule has 2 amide bonds. The van der Waals surface area contributed by atoms with Gasteiger partial charge in [-0.25, -0.2) is 13.2 Å². The van der Waals surface area contributed by atoms with Gasteiger partial charge in [0.25, 0.3) is 0 Å². The normalized spacial score (nSPS) is 22.0. The molecule has 0 radical (unpaired) electrons. The highest BCUT2D eigenvalue weighted by atomic mass is 32.2. The molecule has 1 aliphatic rings. The van der Waals surface area contributed by atoms with E-state index in [1.54, 1.807) is 0 Å². The van der Waals surface area contributed by atoms with Crippen LogP contribution in [0.1, 0.15) is 6.42 Å². The number of rotatable bonds is 4. The smallest absolute Gasteiger partial charge is 0.320 e. The number of urea groups is 1. The average Bonchev–Trinajstić information content (AvgIpc) is 2.26. The number of carboxylic acid groups (broad SMARTS) is 1. The molecule has 1 unspecified atom stereocenters. The first-order valence-electron chi connectivity index (χ1n) is 5.81. The van der Waals surface area contributed by atoms with Gasteiger partial charge < -0.3 is 20.0 Å². The van der Waals surface area contributed by atoms with Crippen LogP contribution in [0.15, 0.2) is 0 Å². The van der Waals surface area contributed by atoms with Gasteiger partial charge in [0.2, 0.25) is 0 Å². The van der Waals surface area contributed by atoms with Crippen LogP contribution in [-0.2, 0) is 14.6 Å². The van der Waals surface area contributed by atoms with E-state index in [-0.39, 0.29) is 31.2 Å². The maximum Gasteiger partial charge on any atom is 0.320 e. The van der Waals surface area contributed by atoms with Crippen molar-refractivity contribution in [3.63, 3.8) is 0 Å². The van der Waals surface area contributed by atoms with Crippen molar-refractivity contribution in [1.82, 2.24) is 9.80 Å². The first kappa shape index (κ1) is 15.7. The summed E-state index contributed by atoms with van der Waals surface area (Å²) >= 11 is 0. The van der Waals surface area contributed by atoms with Crippen molar-refractivity contribution in [2.24, 2.45) is 0 Å². The highest BCUT2D eigenvalue weighted by Gasteiger charge is 2.36. The second-order valence-corrected chi connectivity index (χ2v) is 6.72. The van der Waals surface area contributed by atoms with Crippen molar-refractivity contribution in [3.05, 3.63) is 0 Å². The molecule has 0 aromatic carbocycles. The minimum absolute atomic E-state index is 0.0190. The molecule has 9 heteroatoms. The number of carbonyl (C=O) groups is 2. The number of nitrogens with zero attached hydrogens (tertiary/aromatic N) is 2. The number of hydrogen-bond acceptors (Lipinski definition) is 5. The molecule has 0 bridgehead atoms. The predicted molar refractivity (Wildman–Crippen MR) is 66.5 cm³/mol. The van der Waals surface area contributed by atoms with Gasteiger partial charge in [-0.1, -0.05) is 0 Å². The van der Waals surface area contributed by atoms with E-state index < -0.39 is 34.3 Å². The lowest BCUT2D eigenvalue weighted by atomic mass is 10.2. The van der Waals surface area contributed by atoms with Gasteiger partial charge in [-0.05, 0) is 0 Å². The molecule has 0 saturated carbocycles. The minimum Gasteiger partial charge on any atom is -0.481 e. The van der Waals surface area contributed by atoms with Gasteiger partial charge >= 0.3 is 12.0 Å². The molecule has 1 fully saturated rings. The lowest BCUT2D eigenvalue weighted by Gasteiger charge is -2.37. The van der Waals surface area contributed by atoms with Crippen LogP contribution in [0.4, 0.5) is 4.79 Å². The van der Waals surface area contributed by atoms with Crippen molar-refractivity contribution < 1.29 is 28.2 Å². The number of likely N-dealkylation sites (N-methyl/N-ethyl adjacent to an activating group) is 1. The molecule has 2 N–H and O–H groups in total. The van der Waals surface area contributed by atoms with Crippen molar-refractivity contribution >= 4 is 21.8 Å². The van der Waals surface area contributed by atoms with E-state index in [0.29, 0.717) is 0 Å². The standard InChI is InChI=1S/C10H18N2O6S/c1-11(2-4-13)10(16)12-3-5-19(17,18)7-8(12)6-9(14)15/h8,13H,2-7H2,1H3,(H,14,15). The molecule has 8 nitrogen and oxygen atoms in total. The van der Waals surface area contributed by atoms with Crippen molar-refractivity contribution in [3.8, 4) is 0 Å². The molecule has 1 aliphatic heterocycles. The Morgan fingerprint density at radius 3 is 2.58 bits per heavy atom. The number of carbonyl (C=O) groups excluding carboxylic acids is 1. The monoisotopic (exact) mass is 294 g/mol. The Morgan fingerprint density at radius 2 is 2.05 bits per heavy atom. The van der Waals surface area contributed by atoms with Crippen molar-refractivity contribution in [2.45, 2.75) is 12.5 Å². The molecule has 19 heavy (non-hydrogen) atoms. The second-order valence-electron chi connectivity index (χ2n) is 4.49. The maximum atomic E-state index is 12.0. The molecule has 1 rings (SSSR count). The zero-order valence-corrected chi connectivity index (χ0v) is 11.5. The molecule has 1 heterocycles. The quantitative estimate of drug-likeness (QED) is 0.659. The molecular weight excluding hydrogens is 276 g/mol. The summed E-state index contributed by atoms with van der Waals surface area (Å²) in [6.45, 7) is -0.116. The van der Waals surface area contributed by atoms with Gasteiger partial charge in [0.1, 0.15) is 0 Å². The predicted octanol–water partition coefficient (Wildman–Crippen LogP) is -1.40. The lowest BCUT2D eigenvalue weighted by Crippen LogP contribution is -2.55. The summed E-state index contributed by atoms with van der Waals surface area (Å²) in [5, 5.41) is 17.6. The van der Waals surface area contributed by atoms with Gasteiger partial charge in [-0.3, -0.25) is 4.79 Å². The SMILES string of the molecule is CN(CCO)C(=O)N1CCS(=O)(=O)CC1CC(=O)O. The van der Waals surface area contributed by atoms with E-state index in [2.05, 4.69) is 0 Å². The fourth-order valence-corrected chi connectivity index (χ4v) is 3.50. The number of aliphatic carboxylic acids is 1. The van der Waals surface area contributed by atoms with E-state index in [9.17, 15) is 18.0 Å². The van der Waals surface area contributed by atoms with Crippen LogP contribution in [0.25, 0.3) is 0 Å². The molecule has 110 valence electrons. The van der Waals surface area contributed by atoms with Crippen LogP contribution in [0.5, 0.6) is 0 Å². The summed E-state index contributed by atoms with van der Waals surface area (Å²) in [4.78, 5) is 25.3.